The fourth-order valence-electron chi connectivity index (χ4n) is 3.85. The van der Waals surface area contributed by atoms with Crippen LogP contribution in [0.25, 0.3) is 0 Å². The summed E-state index contributed by atoms with van der Waals surface area (Å²) in [5.41, 5.74) is 0.675. The summed E-state index contributed by atoms with van der Waals surface area (Å²) in [6, 6.07) is 20.3. The molecule has 121 valence electrons. The molecule has 0 bridgehead atoms. The van der Waals surface area contributed by atoms with Gasteiger partial charge in [-0.2, -0.15) is 0 Å². The second-order valence-corrected chi connectivity index (χ2v) is 6.49. The first kappa shape index (κ1) is 15.9. The van der Waals surface area contributed by atoms with Crippen LogP contribution < -0.4 is 5.32 Å². The molecule has 2 aliphatic rings. The normalized spacial score (nSPS) is 23.0. The maximum absolute atomic E-state index is 11.9. The van der Waals surface area contributed by atoms with Gasteiger partial charge in [0.15, 0.2) is 0 Å². The van der Waals surface area contributed by atoms with E-state index in [-0.39, 0.29) is 0 Å². The molecular formula is C22H22NO. The lowest BCUT2D eigenvalue weighted by atomic mass is 9.70. The summed E-state index contributed by atoms with van der Waals surface area (Å²) in [5.74, 6) is 2.20. The Hall–Kier alpha value is -1.64. The molecule has 5 radical (unpaired) electrons. The minimum Gasteiger partial charge on any atom is -0.380 e. The Bertz CT molecular complexity index is 609. The Balaban J connectivity index is 1.78. The van der Waals surface area contributed by atoms with Crippen molar-refractivity contribution in [2.24, 2.45) is 0 Å². The van der Waals surface area contributed by atoms with Gasteiger partial charge in [0.05, 0.1) is 0 Å². The van der Waals surface area contributed by atoms with Crippen molar-refractivity contribution >= 4 is 0 Å². The second-order valence-electron chi connectivity index (χ2n) is 6.49. The molecule has 0 amide bonds. The quantitative estimate of drug-likeness (QED) is 0.905. The predicted octanol–water partition coefficient (Wildman–Crippen LogP) is 3.45. The van der Waals surface area contributed by atoms with E-state index in [9.17, 15) is 5.11 Å². The summed E-state index contributed by atoms with van der Waals surface area (Å²) in [6.07, 6.45) is 8.58. The summed E-state index contributed by atoms with van der Waals surface area (Å²) >= 11 is 0. The van der Waals surface area contributed by atoms with Crippen LogP contribution in [-0.4, -0.2) is 17.7 Å². The maximum atomic E-state index is 11.9. The van der Waals surface area contributed by atoms with Crippen molar-refractivity contribution in [3.05, 3.63) is 103 Å². The molecule has 1 saturated heterocycles. The molecule has 2 heteroatoms. The zero-order chi connectivity index (χ0) is 16.4. The van der Waals surface area contributed by atoms with Gasteiger partial charge in [-0.3, -0.25) is 0 Å². The Labute approximate surface area is 144 Å². The third-order valence-electron chi connectivity index (χ3n) is 5.06. The third-order valence-corrected chi connectivity index (χ3v) is 5.06. The molecule has 2 nitrogen and oxygen atoms in total. The van der Waals surface area contributed by atoms with E-state index in [0.717, 1.165) is 30.0 Å². The second kappa shape index (κ2) is 6.70. The first-order valence-corrected chi connectivity index (χ1v) is 8.63. The SMILES string of the molecule is OC([C]1[CH][CH][CH][C]1[C@H]1CCCN1)(c1ccccc1)c1ccccc1. The van der Waals surface area contributed by atoms with Gasteiger partial charge in [0.2, 0.25) is 0 Å². The average molecular weight is 316 g/mol. The Morgan fingerprint density at radius 1 is 0.875 bits per heavy atom. The average Bonchev–Trinajstić information content (AvgIpc) is 3.34. The molecule has 2 fully saturated rings. The van der Waals surface area contributed by atoms with Crippen LogP contribution in [0.2, 0.25) is 0 Å². The summed E-state index contributed by atoms with van der Waals surface area (Å²) in [5, 5.41) is 15.5. The first-order valence-electron chi connectivity index (χ1n) is 8.63. The highest BCUT2D eigenvalue weighted by Gasteiger charge is 2.50. The van der Waals surface area contributed by atoms with E-state index in [1.54, 1.807) is 0 Å². The van der Waals surface area contributed by atoms with Crippen molar-refractivity contribution in [1.82, 2.24) is 5.32 Å². The van der Waals surface area contributed by atoms with E-state index in [0.29, 0.717) is 6.04 Å². The predicted molar refractivity (Wildman–Crippen MR) is 96.3 cm³/mol. The molecule has 1 aliphatic carbocycles. The van der Waals surface area contributed by atoms with E-state index in [1.165, 1.54) is 12.3 Å². The van der Waals surface area contributed by atoms with E-state index in [2.05, 4.69) is 24.6 Å². The van der Waals surface area contributed by atoms with Gasteiger partial charge in [-0.1, -0.05) is 60.7 Å². The standard InChI is InChI=1S/C22H22NO/c24-22(17-9-3-1-4-10-17,18-11-5-2-6-12-18)20-14-7-13-19(20)21-15-8-16-23-21/h1-7,9-14,21,23-24H,8,15-16H2/t21-/m1/s1. The van der Waals surface area contributed by atoms with Crippen LogP contribution in [0.4, 0.5) is 0 Å². The third kappa shape index (κ3) is 2.68. The smallest absolute Gasteiger partial charge is 0.122 e. The summed E-state index contributed by atoms with van der Waals surface area (Å²) in [6.45, 7) is 1.05. The number of rotatable bonds is 4. The van der Waals surface area contributed by atoms with Gasteiger partial charge < -0.3 is 10.4 Å². The van der Waals surface area contributed by atoms with Crippen LogP contribution in [0, 0.1) is 31.1 Å². The van der Waals surface area contributed by atoms with Crippen LogP contribution in [0.15, 0.2) is 60.7 Å². The molecule has 1 aliphatic heterocycles. The van der Waals surface area contributed by atoms with Crippen LogP contribution in [0.5, 0.6) is 0 Å². The van der Waals surface area contributed by atoms with Crippen LogP contribution in [0.3, 0.4) is 0 Å². The monoisotopic (exact) mass is 316 g/mol. The topological polar surface area (TPSA) is 32.3 Å². The lowest BCUT2D eigenvalue weighted by molar-refractivity contribution is 0.0998. The zero-order valence-corrected chi connectivity index (χ0v) is 13.7. The summed E-state index contributed by atoms with van der Waals surface area (Å²) < 4.78 is 0. The summed E-state index contributed by atoms with van der Waals surface area (Å²) in [7, 11) is 0. The number of hydrogen-bond donors (Lipinski definition) is 2. The number of hydrogen-bond acceptors (Lipinski definition) is 2. The molecule has 0 aromatic heterocycles. The molecule has 2 N–H and O–H groups in total. The molecule has 1 heterocycles. The Kier molecular flexibility index (Phi) is 4.43. The highest BCUT2D eigenvalue weighted by atomic mass is 16.3. The minimum absolute atomic E-state index is 0.328. The minimum atomic E-state index is -1.13. The van der Waals surface area contributed by atoms with Crippen molar-refractivity contribution in [3.8, 4) is 0 Å². The molecule has 1 atom stereocenters. The molecule has 0 unspecified atom stereocenters. The van der Waals surface area contributed by atoms with Gasteiger partial charge in [0.1, 0.15) is 5.60 Å². The van der Waals surface area contributed by atoms with Crippen molar-refractivity contribution in [3.63, 3.8) is 0 Å². The molecule has 2 aromatic carbocycles. The van der Waals surface area contributed by atoms with Crippen LogP contribution >= 0.6 is 0 Å². The van der Waals surface area contributed by atoms with E-state index in [4.69, 9.17) is 0 Å². The van der Waals surface area contributed by atoms with Crippen LogP contribution in [-0.2, 0) is 5.60 Å². The van der Waals surface area contributed by atoms with Gasteiger partial charge in [0, 0.05) is 17.9 Å². The lowest BCUT2D eigenvalue weighted by Crippen LogP contribution is -2.42. The fourth-order valence-corrected chi connectivity index (χ4v) is 3.85. The van der Waals surface area contributed by atoms with Gasteiger partial charge >= 0.3 is 0 Å². The molecule has 1 saturated carbocycles. The van der Waals surface area contributed by atoms with Gasteiger partial charge in [-0.15, -0.1) is 0 Å². The largest absolute Gasteiger partial charge is 0.380 e. The van der Waals surface area contributed by atoms with Crippen LogP contribution in [0.1, 0.15) is 24.0 Å². The van der Waals surface area contributed by atoms with Crippen molar-refractivity contribution in [2.75, 3.05) is 6.54 Å². The van der Waals surface area contributed by atoms with Crippen molar-refractivity contribution in [2.45, 2.75) is 24.5 Å². The molecule has 4 rings (SSSR count). The van der Waals surface area contributed by atoms with Crippen molar-refractivity contribution in [1.29, 1.82) is 0 Å². The van der Waals surface area contributed by atoms with Gasteiger partial charge in [-0.25, -0.2) is 0 Å². The molecule has 24 heavy (non-hydrogen) atoms. The Morgan fingerprint density at radius 3 is 2.04 bits per heavy atom. The number of benzene rings is 2. The molecular weight excluding hydrogens is 294 g/mol. The summed E-state index contributed by atoms with van der Waals surface area (Å²) in [4.78, 5) is 0. The van der Waals surface area contributed by atoms with Gasteiger partial charge in [-0.05, 0) is 49.8 Å². The highest BCUT2D eigenvalue weighted by molar-refractivity contribution is 5.58. The van der Waals surface area contributed by atoms with E-state index < -0.39 is 5.60 Å². The maximum Gasteiger partial charge on any atom is 0.122 e. The number of nitrogens with one attached hydrogen (secondary N) is 1. The Morgan fingerprint density at radius 2 is 1.50 bits per heavy atom. The molecule has 2 aromatic rings. The number of aliphatic hydroxyl groups is 1. The lowest BCUT2D eigenvalue weighted by Gasteiger charge is -2.39. The highest BCUT2D eigenvalue weighted by Crippen LogP contribution is 2.51. The van der Waals surface area contributed by atoms with Gasteiger partial charge in [0.25, 0.3) is 0 Å². The first-order chi connectivity index (χ1) is 11.8. The fraction of sp³-hybridized carbons (Fsp3) is 0.227. The zero-order valence-electron chi connectivity index (χ0n) is 13.7. The van der Waals surface area contributed by atoms with E-state index in [1.807, 2.05) is 60.7 Å². The van der Waals surface area contributed by atoms with E-state index >= 15 is 0 Å². The van der Waals surface area contributed by atoms with Crippen molar-refractivity contribution < 1.29 is 5.11 Å². The molecule has 0 spiro atoms.